The number of hydrogen-bond acceptors (Lipinski definition) is 5. The Bertz CT molecular complexity index is 841. The van der Waals surface area contributed by atoms with E-state index in [1.54, 1.807) is 0 Å². The monoisotopic (exact) mass is 350 g/mol. The normalized spacial score (nSPS) is 10.7. The van der Waals surface area contributed by atoms with Crippen molar-refractivity contribution in [3.63, 3.8) is 0 Å². The molecular weight excluding hydrogens is 337 g/mol. The minimum atomic E-state index is -4.47. The predicted octanol–water partition coefficient (Wildman–Crippen LogP) is 3.57. The number of benzene rings is 1. The summed E-state index contributed by atoms with van der Waals surface area (Å²) in [6, 6.07) is 5.04. The van der Waals surface area contributed by atoms with E-state index in [1.165, 1.54) is 31.5 Å². The first kappa shape index (κ1) is 18.2. The molecule has 2 aromatic rings. The van der Waals surface area contributed by atoms with Gasteiger partial charge in [0.25, 0.3) is 0 Å². The maximum Gasteiger partial charge on any atom is 0.417 e. The van der Waals surface area contributed by atoms with Gasteiger partial charge in [0.05, 0.1) is 10.5 Å². The van der Waals surface area contributed by atoms with Crippen LogP contribution in [-0.2, 0) is 6.18 Å². The van der Waals surface area contributed by atoms with E-state index in [1.807, 2.05) is 0 Å². The van der Waals surface area contributed by atoms with Gasteiger partial charge in [-0.3, -0.25) is 10.1 Å². The summed E-state index contributed by atoms with van der Waals surface area (Å²) in [5.74, 6) is 5.15. The molecule has 0 spiro atoms. The lowest BCUT2D eigenvalue weighted by molar-refractivity contribution is -0.385. The highest BCUT2D eigenvalue weighted by Crippen LogP contribution is 2.31. The fourth-order valence-electron chi connectivity index (χ4n) is 2.06. The molecule has 0 amide bonds. The van der Waals surface area contributed by atoms with Gasteiger partial charge in [0.15, 0.2) is 0 Å². The third-order valence-corrected chi connectivity index (χ3v) is 3.19. The van der Waals surface area contributed by atoms with Gasteiger partial charge in [0.1, 0.15) is 12.0 Å². The van der Waals surface area contributed by atoms with Crippen LogP contribution in [0.4, 0.5) is 24.7 Å². The molecule has 0 unspecified atom stereocenters. The van der Waals surface area contributed by atoms with Crippen LogP contribution in [0.5, 0.6) is 0 Å². The lowest BCUT2D eigenvalue weighted by atomic mass is 10.1. The van der Waals surface area contributed by atoms with Gasteiger partial charge in [-0.25, -0.2) is 9.97 Å². The second-order valence-corrected chi connectivity index (χ2v) is 4.94. The average molecular weight is 350 g/mol. The topological polar surface area (TPSA) is 81.0 Å². The number of aromatic nitrogens is 2. The largest absolute Gasteiger partial charge is 0.417 e. The molecule has 0 bridgehead atoms. The Labute approximate surface area is 141 Å². The van der Waals surface area contributed by atoms with Gasteiger partial charge in [-0.1, -0.05) is 24.0 Å². The summed E-state index contributed by atoms with van der Waals surface area (Å²) in [4.78, 5) is 18.0. The third kappa shape index (κ3) is 4.67. The SMILES string of the molecule is Cc1ncnc(NCCC#Cc2ccccc2C(F)(F)F)c1[N+](=O)[O-]. The van der Waals surface area contributed by atoms with Crippen LogP contribution in [0.2, 0.25) is 0 Å². The molecular formula is C16H13F3N4O2. The molecule has 130 valence electrons. The summed E-state index contributed by atoms with van der Waals surface area (Å²) < 4.78 is 38.5. The predicted molar refractivity (Wildman–Crippen MR) is 84.9 cm³/mol. The van der Waals surface area contributed by atoms with Gasteiger partial charge in [-0.15, -0.1) is 0 Å². The van der Waals surface area contributed by atoms with Crippen molar-refractivity contribution in [1.29, 1.82) is 0 Å². The van der Waals surface area contributed by atoms with Crippen LogP contribution >= 0.6 is 0 Å². The molecule has 0 aliphatic rings. The molecule has 1 N–H and O–H groups in total. The van der Waals surface area contributed by atoms with Crippen LogP contribution < -0.4 is 5.32 Å². The third-order valence-electron chi connectivity index (χ3n) is 3.19. The number of nitro groups is 1. The molecule has 1 heterocycles. The van der Waals surface area contributed by atoms with E-state index in [4.69, 9.17) is 0 Å². The first-order chi connectivity index (χ1) is 11.8. The quantitative estimate of drug-likeness (QED) is 0.395. The molecule has 0 atom stereocenters. The Hall–Kier alpha value is -3.15. The standard InChI is InChI=1S/C16H13F3N4O2/c1-11-14(23(24)25)15(22-10-21-11)20-9-5-4-7-12-6-2-3-8-13(12)16(17,18)19/h2-3,6,8,10H,5,9H2,1H3,(H,20,21,22). The van der Waals surface area contributed by atoms with Crippen molar-refractivity contribution < 1.29 is 18.1 Å². The first-order valence-corrected chi connectivity index (χ1v) is 7.15. The van der Waals surface area contributed by atoms with E-state index in [0.29, 0.717) is 0 Å². The van der Waals surface area contributed by atoms with Gasteiger partial charge < -0.3 is 5.32 Å². The van der Waals surface area contributed by atoms with E-state index in [9.17, 15) is 23.3 Å². The van der Waals surface area contributed by atoms with Crippen LogP contribution in [0, 0.1) is 28.9 Å². The zero-order valence-corrected chi connectivity index (χ0v) is 13.1. The summed E-state index contributed by atoms with van der Waals surface area (Å²) >= 11 is 0. The van der Waals surface area contributed by atoms with Crippen molar-refractivity contribution >= 4 is 11.5 Å². The number of nitrogens with one attached hydrogen (secondary N) is 1. The number of halogens is 3. The molecule has 6 nitrogen and oxygen atoms in total. The Morgan fingerprint density at radius 3 is 2.68 bits per heavy atom. The van der Waals surface area contributed by atoms with Crippen LogP contribution in [-0.4, -0.2) is 21.4 Å². The number of aryl methyl sites for hydroxylation is 1. The smallest absolute Gasteiger partial charge is 0.363 e. The Morgan fingerprint density at radius 2 is 2.00 bits per heavy atom. The summed E-state index contributed by atoms with van der Waals surface area (Å²) in [6.45, 7) is 1.68. The number of anilines is 1. The van der Waals surface area contributed by atoms with E-state index < -0.39 is 16.7 Å². The van der Waals surface area contributed by atoms with Crippen molar-refractivity contribution in [3.8, 4) is 11.8 Å². The highest BCUT2D eigenvalue weighted by Gasteiger charge is 2.32. The lowest BCUT2D eigenvalue weighted by Crippen LogP contribution is -2.08. The van der Waals surface area contributed by atoms with Crippen molar-refractivity contribution in [1.82, 2.24) is 9.97 Å². The summed E-state index contributed by atoms with van der Waals surface area (Å²) in [6.07, 6.45) is -3.09. The summed E-state index contributed by atoms with van der Waals surface area (Å²) in [5.41, 5.74) is -0.929. The molecule has 25 heavy (non-hydrogen) atoms. The van der Waals surface area contributed by atoms with Crippen LogP contribution in [0.15, 0.2) is 30.6 Å². The molecule has 0 aliphatic heterocycles. The second-order valence-electron chi connectivity index (χ2n) is 4.94. The van der Waals surface area contributed by atoms with E-state index in [2.05, 4.69) is 27.1 Å². The Morgan fingerprint density at radius 1 is 1.28 bits per heavy atom. The van der Waals surface area contributed by atoms with Gasteiger partial charge in [-0.2, -0.15) is 13.2 Å². The Kier molecular flexibility index (Phi) is 5.54. The lowest BCUT2D eigenvalue weighted by Gasteiger charge is -2.08. The number of alkyl halides is 3. The maximum atomic E-state index is 12.8. The molecule has 0 saturated carbocycles. The minimum Gasteiger partial charge on any atom is -0.363 e. The molecule has 2 rings (SSSR count). The van der Waals surface area contributed by atoms with E-state index in [-0.39, 0.29) is 35.7 Å². The summed E-state index contributed by atoms with van der Waals surface area (Å²) in [5, 5.41) is 13.7. The van der Waals surface area contributed by atoms with Crippen LogP contribution in [0.3, 0.4) is 0 Å². The number of nitrogens with zero attached hydrogens (tertiary/aromatic N) is 3. The fraction of sp³-hybridized carbons (Fsp3) is 0.250. The molecule has 0 aliphatic carbocycles. The molecule has 0 fully saturated rings. The zero-order chi connectivity index (χ0) is 18.4. The van der Waals surface area contributed by atoms with Crippen LogP contribution in [0.25, 0.3) is 0 Å². The van der Waals surface area contributed by atoms with E-state index >= 15 is 0 Å². The molecule has 9 heteroatoms. The molecule has 0 saturated heterocycles. The molecule has 1 aromatic carbocycles. The van der Waals surface area contributed by atoms with Crippen molar-refractivity contribution in [2.45, 2.75) is 19.5 Å². The zero-order valence-electron chi connectivity index (χ0n) is 13.1. The van der Waals surface area contributed by atoms with Gasteiger partial charge in [0, 0.05) is 18.5 Å². The van der Waals surface area contributed by atoms with Crippen molar-refractivity contribution in [2.24, 2.45) is 0 Å². The van der Waals surface area contributed by atoms with Gasteiger partial charge in [-0.05, 0) is 19.1 Å². The second kappa shape index (κ2) is 7.61. The summed E-state index contributed by atoms with van der Waals surface area (Å²) in [7, 11) is 0. The highest BCUT2D eigenvalue weighted by atomic mass is 19.4. The minimum absolute atomic E-state index is 0.0509. The number of rotatable bonds is 4. The van der Waals surface area contributed by atoms with Crippen molar-refractivity contribution in [2.75, 3.05) is 11.9 Å². The molecule has 0 radical (unpaired) electrons. The van der Waals surface area contributed by atoms with Gasteiger partial charge in [0.2, 0.25) is 5.82 Å². The highest BCUT2D eigenvalue weighted by molar-refractivity contribution is 5.57. The van der Waals surface area contributed by atoms with Crippen molar-refractivity contribution in [3.05, 3.63) is 57.5 Å². The fourth-order valence-corrected chi connectivity index (χ4v) is 2.06. The first-order valence-electron chi connectivity index (χ1n) is 7.15. The Balaban J connectivity index is 2.04. The van der Waals surface area contributed by atoms with Crippen LogP contribution in [0.1, 0.15) is 23.2 Å². The maximum absolute atomic E-state index is 12.8. The average Bonchev–Trinajstić information content (AvgIpc) is 2.53. The van der Waals surface area contributed by atoms with Gasteiger partial charge >= 0.3 is 11.9 Å². The van der Waals surface area contributed by atoms with E-state index in [0.717, 1.165) is 6.07 Å². The molecule has 1 aromatic heterocycles. The number of hydrogen-bond donors (Lipinski definition) is 1.